The van der Waals surface area contributed by atoms with Crippen LogP contribution < -0.4 is 0 Å². The predicted octanol–water partition coefficient (Wildman–Crippen LogP) is 3.84. The highest BCUT2D eigenvalue weighted by atomic mass is 79.9. The van der Waals surface area contributed by atoms with Crippen molar-refractivity contribution in [3.63, 3.8) is 0 Å². The molecule has 21 heavy (non-hydrogen) atoms. The van der Waals surface area contributed by atoms with Crippen molar-refractivity contribution in [3.05, 3.63) is 46.5 Å². The van der Waals surface area contributed by atoms with Gasteiger partial charge in [-0.15, -0.1) is 0 Å². The highest BCUT2D eigenvalue weighted by molar-refractivity contribution is 9.10. The van der Waals surface area contributed by atoms with E-state index in [0.29, 0.717) is 0 Å². The number of nitrogens with zero attached hydrogens (tertiary/aromatic N) is 2. The Morgan fingerprint density at radius 1 is 1.38 bits per heavy atom. The Morgan fingerprint density at radius 3 is 2.62 bits per heavy atom. The monoisotopic (exact) mass is 348 g/mol. The molecule has 0 amide bonds. The summed E-state index contributed by atoms with van der Waals surface area (Å²) in [5.74, 6) is 0.190. The molecule has 0 aliphatic heterocycles. The van der Waals surface area contributed by atoms with E-state index in [1.165, 1.54) is 0 Å². The van der Waals surface area contributed by atoms with Crippen molar-refractivity contribution in [2.75, 3.05) is 0 Å². The van der Waals surface area contributed by atoms with Crippen LogP contribution in [0.1, 0.15) is 37.1 Å². The summed E-state index contributed by atoms with van der Waals surface area (Å²) in [6.45, 7) is 1.94. The number of imidazole rings is 1. The van der Waals surface area contributed by atoms with Crippen molar-refractivity contribution in [2.24, 2.45) is 0 Å². The van der Waals surface area contributed by atoms with Gasteiger partial charge in [0.1, 0.15) is 5.82 Å². The quantitative estimate of drug-likeness (QED) is 0.916. The van der Waals surface area contributed by atoms with Crippen LogP contribution in [-0.4, -0.2) is 20.6 Å². The fourth-order valence-corrected chi connectivity index (χ4v) is 3.81. The maximum absolute atomic E-state index is 11.8. The summed E-state index contributed by atoms with van der Waals surface area (Å²) in [5.41, 5.74) is 1.15. The van der Waals surface area contributed by atoms with Gasteiger partial charge in [-0.3, -0.25) is 4.79 Å². The maximum atomic E-state index is 11.8. The molecule has 110 valence electrons. The van der Waals surface area contributed by atoms with Crippen LogP contribution in [0.4, 0.5) is 0 Å². The minimum atomic E-state index is -0.717. The Labute approximate surface area is 131 Å². The van der Waals surface area contributed by atoms with E-state index in [-0.39, 0.29) is 0 Å². The zero-order chi connectivity index (χ0) is 15.0. The van der Waals surface area contributed by atoms with Crippen LogP contribution in [0.2, 0.25) is 0 Å². The third-order valence-corrected chi connectivity index (χ3v) is 5.09. The second-order valence-electron chi connectivity index (χ2n) is 5.61. The van der Waals surface area contributed by atoms with Crippen LogP contribution in [0.25, 0.3) is 5.69 Å². The highest BCUT2D eigenvalue weighted by Crippen LogP contribution is 2.42. The molecule has 1 aliphatic carbocycles. The van der Waals surface area contributed by atoms with Gasteiger partial charge in [0.2, 0.25) is 0 Å². The third-order valence-electron chi connectivity index (χ3n) is 4.45. The van der Waals surface area contributed by atoms with Crippen molar-refractivity contribution in [1.82, 2.24) is 9.55 Å². The lowest BCUT2D eigenvalue weighted by atomic mass is 9.79. The smallest absolute Gasteiger partial charge is 0.314 e. The van der Waals surface area contributed by atoms with Crippen molar-refractivity contribution in [3.8, 4) is 5.69 Å². The summed E-state index contributed by atoms with van der Waals surface area (Å²) in [4.78, 5) is 16.0. The molecule has 0 spiro atoms. The molecule has 1 aromatic carbocycles. The third kappa shape index (κ3) is 2.29. The van der Waals surface area contributed by atoms with Gasteiger partial charge in [0, 0.05) is 16.9 Å². The summed E-state index contributed by atoms with van der Waals surface area (Å²) >= 11 is 3.58. The summed E-state index contributed by atoms with van der Waals surface area (Å²) in [7, 11) is 0. The van der Waals surface area contributed by atoms with Crippen molar-refractivity contribution < 1.29 is 9.90 Å². The van der Waals surface area contributed by atoms with E-state index in [1.807, 2.05) is 35.9 Å². The second kappa shape index (κ2) is 5.30. The van der Waals surface area contributed by atoms with Gasteiger partial charge in [-0.05, 0) is 53.4 Å². The van der Waals surface area contributed by atoms with E-state index in [0.717, 1.165) is 47.2 Å². The average Bonchev–Trinajstić information content (AvgIpc) is 3.08. The number of carboxylic acid groups (broad SMARTS) is 1. The SMILES string of the molecule is Cc1nccn1-c1ccc(C2(C(=O)O)CCCC2)cc1Br. The molecular weight excluding hydrogens is 332 g/mol. The lowest BCUT2D eigenvalue weighted by molar-refractivity contribution is -0.143. The van der Waals surface area contributed by atoms with E-state index in [9.17, 15) is 9.90 Å². The summed E-state index contributed by atoms with van der Waals surface area (Å²) in [5, 5.41) is 9.67. The van der Waals surface area contributed by atoms with E-state index in [1.54, 1.807) is 6.20 Å². The van der Waals surface area contributed by atoms with Crippen LogP contribution in [0, 0.1) is 6.92 Å². The summed E-state index contributed by atoms with van der Waals surface area (Å²) in [6, 6.07) is 5.87. The molecule has 0 radical (unpaired) electrons. The van der Waals surface area contributed by atoms with Gasteiger partial charge < -0.3 is 9.67 Å². The molecule has 4 nitrogen and oxygen atoms in total. The van der Waals surface area contributed by atoms with E-state index >= 15 is 0 Å². The van der Waals surface area contributed by atoms with Crippen LogP contribution in [-0.2, 0) is 10.2 Å². The molecule has 0 atom stereocenters. The predicted molar refractivity (Wildman–Crippen MR) is 83.8 cm³/mol. The molecule has 2 aromatic rings. The Kier molecular flexibility index (Phi) is 3.61. The Balaban J connectivity index is 2.06. The number of hydrogen-bond donors (Lipinski definition) is 1. The number of aliphatic carboxylic acids is 1. The zero-order valence-corrected chi connectivity index (χ0v) is 13.4. The minimum absolute atomic E-state index is 0.710. The number of halogens is 1. The maximum Gasteiger partial charge on any atom is 0.314 e. The molecule has 3 rings (SSSR count). The molecule has 0 saturated heterocycles. The van der Waals surface area contributed by atoms with Gasteiger partial charge in [-0.2, -0.15) is 0 Å². The molecule has 1 aliphatic rings. The number of aryl methyl sites for hydroxylation is 1. The topological polar surface area (TPSA) is 55.1 Å². The van der Waals surface area contributed by atoms with E-state index < -0.39 is 11.4 Å². The average molecular weight is 349 g/mol. The Morgan fingerprint density at radius 2 is 2.10 bits per heavy atom. The first-order chi connectivity index (χ1) is 10.0. The summed E-state index contributed by atoms with van der Waals surface area (Å²) < 4.78 is 2.88. The fourth-order valence-electron chi connectivity index (χ4n) is 3.24. The van der Waals surface area contributed by atoms with Gasteiger partial charge in [-0.1, -0.05) is 18.9 Å². The number of carboxylic acids is 1. The lowest BCUT2D eigenvalue weighted by Crippen LogP contribution is -2.32. The van der Waals surface area contributed by atoms with E-state index in [4.69, 9.17) is 0 Å². The number of aromatic nitrogens is 2. The summed E-state index contributed by atoms with van der Waals surface area (Å²) in [6.07, 6.45) is 7.05. The largest absolute Gasteiger partial charge is 0.481 e. The van der Waals surface area contributed by atoms with Crippen molar-refractivity contribution >= 4 is 21.9 Å². The van der Waals surface area contributed by atoms with Crippen LogP contribution in [0.15, 0.2) is 35.1 Å². The molecular formula is C16H17BrN2O2. The first-order valence-electron chi connectivity index (χ1n) is 7.08. The molecule has 0 unspecified atom stereocenters. The standard InChI is InChI=1S/C16H17BrN2O2/c1-11-18-8-9-19(11)14-5-4-12(10-13(14)17)16(15(20)21)6-2-3-7-16/h4-5,8-10H,2-3,6-7H2,1H3,(H,20,21). The van der Waals surface area contributed by atoms with Gasteiger partial charge in [0.25, 0.3) is 0 Å². The number of rotatable bonds is 3. The molecule has 0 bridgehead atoms. The van der Waals surface area contributed by atoms with Gasteiger partial charge in [-0.25, -0.2) is 4.98 Å². The molecule has 1 fully saturated rings. The highest BCUT2D eigenvalue weighted by Gasteiger charge is 2.43. The number of hydrogen-bond acceptors (Lipinski definition) is 2. The van der Waals surface area contributed by atoms with E-state index in [2.05, 4.69) is 20.9 Å². The first kappa shape index (κ1) is 14.3. The normalized spacial score (nSPS) is 17.0. The number of carbonyl (C=O) groups is 1. The first-order valence-corrected chi connectivity index (χ1v) is 7.88. The van der Waals surface area contributed by atoms with Crippen LogP contribution >= 0.6 is 15.9 Å². The second-order valence-corrected chi connectivity index (χ2v) is 6.46. The Hall–Kier alpha value is -1.62. The minimum Gasteiger partial charge on any atom is -0.481 e. The fraction of sp³-hybridized carbons (Fsp3) is 0.375. The van der Waals surface area contributed by atoms with Crippen molar-refractivity contribution in [2.45, 2.75) is 38.0 Å². The number of benzene rings is 1. The van der Waals surface area contributed by atoms with Gasteiger partial charge >= 0.3 is 5.97 Å². The zero-order valence-electron chi connectivity index (χ0n) is 11.8. The molecule has 1 saturated carbocycles. The Bertz CT molecular complexity index is 687. The van der Waals surface area contributed by atoms with Gasteiger partial charge in [0.05, 0.1) is 11.1 Å². The molecule has 1 aromatic heterocycles. The molecule has 1 N–H and O–H groups in total. The van der Waals surface area contributed by atoms with Gasteiger partial charge in [0.15, 0.2) is 0 Å². The van der Waals surface area contributed by atoms with Crippen LogP contribution in [0.5, 0.6) is 0 Å². The van der Waals surface area contributed by atoms with Crippen molar-refractivity contribution in [1.29, 1.82) is 0 Å². The molecule has 1 heterocycles. The molecule has 5 heteroatoms. The van der Waals surface area contributed by atoms with Crippen LogP contribution in [0.3, 0.4) is 0 Å². The lowest BCUT2D eigenvalue weighted by Gasteiger charge is -2.25.